The summed E-state index contributed by atoms with van der Waals surface area (Å²) in [4.78, 5) is 6.74. The number of benzene rings is 1. The van der Waals surface area contributed by atoms with E-state index in [4.69, 9.17) is 11.6 Å². The van der Waals surface area contributed by atoms with Crippen LogP contribution in [0.15, 0.2) is 42.6 Å². The molecule has 3 rings (SSSR count). The Labute approximate surface area is 131 Å². The molecule has 1 fully saturated rings. The Morgan fingerprint density at radius 2 is 2.24 bits per heavy atom. The van der Waals surface area contributed by atoms with Crippen LogP contribution in [0.3, 0.4) is 0 Å². The molecule has 1 atom stereocenters. The Balaban J connectivity index is 1.59. The fourth-order valence-corrected chi connectivity index (χ4v) is 3.02. The van der Waals surface area contributed by atoms with E-state index < -0.39 is 0 Å². The minimum Gasteiger partial charge on any atom is -0.371 e. The van der Waals surface area contributed by atoms with Crippen LogP contribution >= 0.6 is 11.6 Å². The highest BCUT2D eigenvalue weighted by atomic mass is 35.5. The van der Waals surface area contributed by atoms with Crippen molar-refractivity contribution in [3.63, 3.8) is 0 Å². The number of rotatable bonds is 4. The van der Waals surface area contributed by atoms with Gasteiger partial charge < -0.3 is 10.2 Å². The molecule has 0 radical (unpaired) electrons. The predicted molar refractivity (Wildman–Crippen MR) is 89.2 cm³/mol. The molecule has 0 spiro atoms. The molecule has 4 heteroatoms. The summed E-state index contributed by atoms with van der Waals surface area (Å²) < 4.78 is 0. The van der Waals surface area contributed by atoms with E-state index in [9.17, 15) is 0 Å². The molecule has 1 aromatic carbocycles. The zero-order chi connectivity index (χ0) is 14.7. The van der Waals surface area contributed by atoms with Crippen LogP contribution in [0.4, 0.5) is 11.5 Å². The minimum atomic E-state index is 0.644. The van der Waals surface area contributed by atoms with Crippen molar-refractivity contribution in [1.82, 2.24) is 4.98 Å². The molecule has 1 aliphatic heterocycles. The van der Waals surface area contributed by atoms with E-state index in [2.05, 4.69) is 34.3 Å². The Morgan fingerprint density at radius 1 is 1.33 bits per heavy atom. The second kappa shape index (κ2) is 6.35. The number of hydrogen-bond acceptors (Lipinski definition) is 3. The molecule has 21 heavy (non-hydrogen) atoms. The van der Waals surface area contributed by atoms with E-state index in [1.165, 1.54) is 17.7 Å². The normalized spacial score (nSPS) is 18.0. The van der Waals surface area contributed by atoms with Gasteiger partial charge in [-0.15, -0.1) is 0 Å². The van der Waals surface area contributed by atoms with E-state index in [0.717, 1.165) is 30.5 Å². The lowest BCUT2D eigenvalue weighted by molar-refractivity contribution is 0.621. The lowest BCUT2D eigenvalue weighted by atomic mass is 10.1. The molecule has 2 heterocycles. The molecule has 1 aliphatic rings. The summed E-state index contributed by atoms with van der Waals surface area (Å²) in [5, 5.41) is 4.23. The van der Waals surface area contributed by atoms with Crippen LogP contribution in [0, 0.1) is 12.8 Å². The maximum Gasteiger partial charge on any atom is 0.125 e. The second-order valence-corrected chi connectivity index (χ2v) is 6.06. The second-order valence-electron chi connectivity index (χ2n) is 5.63. The number of nitrogens with one attached hydrogen (secondary N) is 1. The summed E-state index contributed by atoms with van der Waals surface area (Å²) in [7, 11) is 0. The van der Waals surface area contributed by atoms with E-state index in [1.54, 1.807) is 0 Å². The first-order valence-corrected chi connectivity index (χ1v) is 7.76. The summed E-state index contributed by atoms with van der Waals surface area (Å²) in [5.41, 5.74) is 2.56. The molecule has 1 N–H and O–H groups in total. The highest BCUT2D eigenvalue weighted by Crippen LogP contribution is 2.29. The largest absolute Gasteiger partial charge is 0.371 e. The third-order valence-electron chi connectivity index (χ3n) is 4.03. The van der Waals surface area contributed by atoms with Crippen LogP contribution in [-0.4, -0.2) is 24.6 Å². The summed E-state index contributed by atoms with van der Waals surface area (Å²) in [6.45, 7) is 5.27. The monoisotopic (exact) mass is 301 g/mol. The topological polar surface area (TPSA) is 28.2 Å². The summed E-state index contributed by atoms with van der Waals surface area (Å²) >= 11 is 6.13. The highest BCUT2D eigenvalue weighted by Gasteiger charge is 2.23. The zero-order valence-electron chi connectivity index (χ0n) is 12.2. The predicted octanol–water partition coefficient (Wildman–Crippen LogP) is 3.98. The van der Waals surface area contributed by atoms with Gasteiger partial charge >= 0.3 is 0 Å². The van der Waals surface area contributed by atoms with Crippen LogP contribution in [0.2, 0.25) is 5.02 Å². The first-order chi connectivity index (χ1) is 10.2. The van der Waals surface area contributed by atoms with Gasteiger partial charge in [-0.1, -0.05) is 23.7 Å². The van der Waals surface area contributed by atoms with Crippen molar-refractivity contribution in [2.75, 3.05) is 29.9 Å². The number of pyridine rings is 1. The fraction of sp³-hybridized carbons (Fsp3) is 0.353. The highest BCUT2D eigenvalue weighted by molar-refractivity contribution is 6.30. The van der Waals surface area contributed by atoms with Crippen LogP contribution in [-0.2, 0) is 0 Å². The number of hydrogen-bond donors (Lipinski definition) is 1. The molecular weight excluding hydrogens is 282 g/mol. The molecule has 1 aromatic heterocycles. The van der Waals surface area contributed by atoms with Crippen molar-refractivity contribution >= 4 is 23.1 Å². The van der Waals surface area contributed by atoms with Gasteiger partial charge in [0.2, 0.25) is 0 Å². The molecule has 1 saturated heterocycles. The molecule has 110 valence electrons. The minimum absolute atomic E-state index is 0.644. The SMILES string of the molecule is Cc1ccc(Cl)cc1N1CCC(CNc2ccccn2)C1. The average Bonchev–Trinajstić information content (AvgIpc) is 2.97. The van der Waals surface area contributed by atoms with E-state index >= 15 is 0 Å². The van der Waals surface area contributed by atoms with Crippen molar-refractivity contribution in [3.8, 4) is 0 Å². The third kappa shape index (κ3) is 3.48. The van der Waals surface area contributed by atoms with Crippen LogP contribution in [0.25, 0.3) is 0 Å². The third-order valence-corrected chi connectivity index (χ3v) is 4.27. The molecule has 0 aliphatic carbocycles. The van der Waals surface area contributed by atoms with Crippen molar-refractivity contribution in [2.24, 2.45) is 5.92 Å². The van der Waals surface area contributed by atoms with E-state index in [0.29, 0.717) is 5.92 Å². The van der Waals surface area contributed by atoms with Gasteiger partial charge in [-0.3, -0.25) is 0 Å². The Hall–Kier alpha value is -1.74. The van der Waals surface area contributed by atoms with E-state index in [-0.39, 0.29) is 0 Å². The number of halogens is 1. The first kappa shape index (κ1) is 14.2. The van der Waals surface area contributed by atoms with Crippen molar-refractivity contribution < 1.29 is 0 Å². The van der Waals surface area contributed by atoms with Gasteiger partial charge in [0.15, 0.2) is 0 Å². The molecule has 2 aromatic rings. The van der Waals surface area contributed by atoms with Gasteiger partial charge in [0.25, 0.3) is 0 Å². The van der Waals surface area contributed by atoms with Gasteiger partial charge in [-0.05, 0) is 49.1 Å². The molecule has 0 amide bonds. The quantitative estimate of drug-likeness (QED) is 0.926. The Kier molecular flexibility index (Phi) is 4.30. The smallest absolute Gasteiger partial charge is 0.125 e. The van der Waals surface area contributed by atoms with Crippen molar-refractivity contribution in [3.05, 3.63) is 53.2 Å². The van der Waals surface area contributed by atoms with Gasteiger partial charge in [0.1, 0.15) is 5.82 Å². The number of nitrogens with zero attached hydrogens (tertiary/aromatic N) is 2. The fourth-order valence-electron chi connectivity index (χ4n) is 2.86. The summed E-state index contributed by atoms with van der Waals surface area (Å²) in [6.07, 6.45) is 3.02. The maximum absolute atomic E-state index is 6.13. The maximum atomic E-state index is 6.13. The summed E-state index contributed by atoms with van der Waals surface area (Å²) in [5.74, 6) is 1.60. The van der Waals surface area contributed by atoms with E-state index in [1.807, 2.05) is 30.5 Å². The van der Waals surface area contributed by atoms with Crippen LogP contribution in [0.1, 0.15) is 12.0 Å². The summed E-state index contributed by atoms with van der Waals surface area (Å²) in [6, 6.07) is 12.1. The zero-order valence-corrected chi connectivity index (χ0v) is 13.0. The van der Waals surface area contributed by atoms with Crippen LogP contribution < -0.4 is 10.2 Å². The van der Waals surface area contributed by atoms with Gasteiger partial charge in [0, 0.05) is 36.5 Å². The molecule has 0 bridgehead atoms. The molecule has 3 nitrogen and oxygen atoms in total. The van der Waals surface area contributed by atoms with Gasteiger partial charge in [-0.2, -0.15) is 0 Å². The molecule has 0 saturated carbocycles. The molecule has 1 unspecified atom stereocenters. The number of aromatic nitrogens is 1. The van der Waals surface area contributed by atoms with Gasteiger partial charge in [0.05, 0.1) is 0 Å². The van der Waals surface area contributed by atoms with Crippen LogP contribution in [0.5, 0.6) is 0 Å². The van der Waals surface area contributed by atoms with Gasteiger partial charge in [-0.25, -0.2) is 4.98 Å². The average molecular weight is 302 g/mol. The van der Waals surface area contributed by atoms with Crippen molar-refractivity contribution in [1.29, 1.82) is 0 Å². The first-order valence-electron chi connectivity index (χ1n) is 7.38. The Morgan fingerprint density at radius 3 is 3.05 bits per heavy atom. The Bertz CT molecular complexity index is 600. The standard InChI is InChI=1S/C17H20ClN3/c1-13-5-6-15(18)10-16(13)21-9-7-14(12-21)11-20-17-4-2-3-8-19-17/h2-6,8,10,14H,7,9,11-12H2,1H3,(H,19,20). The number of anilines is 2. The van der Waals surface area contributed by atoms with Crippen molar-refractivity contribution in [2.45, 2.75) is 13.3 Å². The molecular formula is C17H20ClN3. The lowest BCUT2D eigenvalue weighted by Crippen LogP contribution is -2.23. The lowest BCUT2D eigenvalue weighted by Gasteiger charge is -2.21. The number of aryl methyl sites for hydroxylation is 1.